The third-order valence-corrected chi connectivity index (χ3v) is 3.07. The largest absolute Gasteiger partial charge is 0.380 e. The second kappa shape index (κ2) is 3.12. The molecule has 1 aliphatic rings. The van der Waals surface area contributed by atoms with Crippen molar-refractivity contribution in [2.75, 3.05) is 5.32 Å². The number of anilines is 1. The average Bonchev–Trinajstić information content (AvgIpc) is 2.52. The summed E-state index contributed by atoms with van der Waals surface area (Å²) in [6, 6.07) is 1.82. The van der Waals surface area contributed by atoms with Crippen LogP contribution in [0, 0.1) is 0 Å². The Labute approximate surface area is 80.4 Å². The van der Waals surface area contributed by atoms with Crippen molar-refractivity contribution in [2.45, 2.75) is 24.9 Å². The average molecular weight is 197 g/mol. The summed E-state index contributed by atoms with van der Waals surface area (Å²) in [7, 11) is 0. The van der Waals surface area contributed by atoms with Crippen LogP contribution in [0.25, 0.3) is 0 Å². The zero-order valence-corrected chi connectivity index (χ0v) is 7.93. The molecule has 0 aromatic carbocycles. The highest BCUT2D eigenvalue weighted by atomic mass is 32.1. The lowest BCUT2D eigenvalue weighted by atomic mass is 9.79. The molecule has 3 nitrogen and oxygen atoms in total. The summed E-state index contributed by atoms with van der Waals surface area (Å²) in [6.07, 6.45) is 2.11. The maximum absolute atomic E-state index is 11.5. The van der Waals surface area contributed by atoms with Crippen molar-refractivity contribution in [3.63, 3.8) is 0 Å². The first kappa shape index (κ1) is 8.72. The predicted molar refractivity (Wildman–Crippen MR) is 51.7 cm³/mol. The van der Waals surface area contributed by atoms with Gasteiger partial charge in [-0.15, -0.1) is 0 Å². The third-order valence-electron chi connectivity index (χ3n) is 2.38. The molecule has 0 bridgehead atoms. The molecule has 1 aromatic heterocycles. The van der Waals surface area contributed by atoms with Gasteiger partial charge in [-0.25, -0.2) is 0 Å². The molecule has 1 saturated carbocycles. The Kier molecular flexibility index (Phi) is 2.09. The van der Waals surface area contributed by atoms with Crippen molar-refractivity contribution in [3.05, 3.63) is 16.8 Å². The van der Waals surface area contributed by atoms with Gasteiger partial charge in [0, 0.05) is 5.38 Å². The molecule has 1 fully saturated rings. The minimum atomic E-state index is -1.10. The first-order valence-electron chi connectivity index (χ1n) is 4.27. The Morgan fingerprint density at radius 3 is 2.85 bits per heavy atom. The molecule has 0 radical (unpaired) electrons. The molecular weight excluding hydrogens is 186 g/mol. The van der Waals surface area contributed by atoms with Gasteiger partial charge in [-0.1, -0.05) is 0 Å². The van der Waals surface area contributed by atoms with Crippen LogP contribution in [0.3, 0.4) is 0 Å². The molecular formula is C9H11NO2S. The Hall–Kier alpha value is -0.870. The number of amides is 1. The number of aliphatic hydroxyl groups is 1. The van der Waals surface area contributed by atoms with Crippen molar-refractivity contribution >= 4 is 22.9 Å². The van der Waals surface area contributed by atoms with E-state index in [1.807, 2.05) is 16.8 Å². The summed E-state index contributed by atoms with van der Waals surface area (Å²) >= 11 is 1.52. The second-order valence-corrected chi connectivity index (χ2v) is 4.13. The molecule has 0 aliphatic heterocycles. The zero-order chi connectivity index (χ0) is 9.31. The monoisotopic (exact) mass is 197 g/mol. The lowest BCUT2D eigenvalue weighted by Crippen LogP contribution is -2.48. The van der Waals surface area contributed by atoms with Crippen molar-refractivity contribution in [1.29, 1.82) is 0 Å². The zero-order valence-electron chi connectivity index (χ0n) is 7.12. The van der Waals surface area contributed by atoms with Crippen molar-refractivity contribution < 1.29 is 9.90 Å². The Morgan fingerprint density at radius 1 is 1.62 bits per heavy atom. The maximum atomic E-state index is 11.5. The predicted octanol–water partition coefficient (Wildman–Crippen LogP) is 1.60. The smallest absolute Gasteiger partial charge is 0.256 e. The molecule has 1 aliphatic carbocycles. The van der Waals surface area contributed by atoms with E-state index >= 15 is 0 Å². The van der Waals surface area contributed by atoms with Crippen molar-refractivity contribution in [1.82, 2.24) is 0 Å². The standard InChI is InChI=1S/C9H11NO2S/c11-8(9(12)3-1-4-9)10-7-2-5-13-6-7/h2,5-6,12H,1,3-4H2,(H,10,11). The van der Waals surface area contributed by atoms with E-state index in [2.05, 4.69) is 5.32 Å². The van der Waals surface area contributed by atoms with Crippen LogP contribution in [-0.2, 0) is 4.79 Å². The van der Waals surface area contributed by atoms with Crippen LogP contribution >= 0.6 is 11.3 Å². The van der Waals surface area contributed by atoms with Gasteiger partial charge in [-0.05, 0) is 30.7 Å². The quantitative estimate of drug-likeness (QED) is 0.756. The van der Waals surface area contributed by atoms with E-state index in [-0.39, 0.29) is 5.91 Å². The van der Waals surface area contributed by atoms with Crippen LogP contribution in [0.15, 0.2) is 16.8 Å². The summed E-state index contributed by atoms with van der Waals surface area (Å²) in [5, 5.41) is 16.1. The summed E-state index contributed by atoms with van der Waals surface area (Å²) in [5.74, 6) is -0.267. The minimum Gasteiger partial charge on any atom is -0.380 e. The van der Waals surface area contributed by atoms with Crippen LogP contribution in [-0.4, -0.2) is 16.6 Å². The molecule has 0 spiro atoms. The number of carbonyl (C=O) groups is 1. The summed E-state index contributed by atoms with van der Waals surface area (Å²) in [6.45, 7) is 0. The molecule has 0 saturated heterocycles. The Morgan fingerprint density at radius 2 is 2.38 bits per heavy atom. The first-order chi connectivity index (χ1) is 6.21. The topological polar surface area (TPSA) is 49.3 Å². The highest BCUT2D eigenvalue weighted by Crippen LogP contribution is 2.32. The number of carbonyl (C=O) groups excluding carboxylic acids is 1. The van der Waals surface area contributed by atoms with Gasteiger partial charge < -0.3 is 10.4 Å². The van der Waals surface area contributed by atoms with E-state index in [0.29, 0.717) is 12.8 Å². The van der Waals surface area contributed by atoms with Gasteiger partial charge in [0.1, 0.15) is 5.60 Å². The number of thiophene rings is 1. The summed E-state index contributed by atoms with van der Waals surface area (Å²) < 4.78 is 0. The van der Waals surface area contributed by atoms with Crippen LogP contribution < -0.4 is 5.32 Å². The molecule has 1 amide bonds. The van der Waals surface area contributed by atoms with E-state index in [1.165, 1.54) is 11.3 Å². The van der Waals surface area contributed by atoms with Gasteiger partial charge >= 0.3 is 0 Å². The van der Waals surface area contributed by atoms with E-state index < -0.39 is 5.60 Å². The number of nitrogens with one attached hydrogen (secondary N) is 1. The van der Waals surface area contributed by atoms with E-state index in [9.17, 15) is 9.90 Å². The molecule has 13 heavy (non-hydrogen) atoms. The molecule has 2 rings (SSSR count). The SMILES string of the molecule is O=C(Nc1ccsc1)C1(O)CCC1. The van der Waals surface area contributed by atoms with E-state index in [0.717, 1.165) is 12.1 Å². The van der Waals surface area contributed by atoms with Gasteiger partial charge in [0.05, 0.1) is 5.69 Å². The molecule has 70 valence electrons. The fraction of sp³-hybridized carbons (Fsp3) is 0.444. The van der Waals surface area contributed by atoms with Crippen molar-refractivity contribution in [2.24, 2.45) is 0 Å². The van der Waals surface area contributed by atoms with Crippen LogP contribution in [0.2, 0.25) is 0 Å². The Bertz CT molecular complexity index is 303. The van der Waals surface area contributed by atoms with Gasteiger partial charge in [0.25, 0.3) is 5.91 Å². The minimum absolute atomic E-state index is 0.267. The van der Waals surface area contributed by atoms with Crippen LogP contribution in [0.4, 0.5) is 5.69 Å². The fourth-order valence-corrected chi connectivity index (χ4v) is 1.91. The van der Waals surface area contributed by atoms with Gasteiger partial charge in [-0.2, -0.15) is 11.3 Å². The third kappa shape index (κ3) is 1.59. The number of hydrogen-bond acceptors (Lipinski definition) is 3. The molecule has 4 heteroatoms. The fourth-order valence-electron chi connectivity index (χ4n) is 1.32. The van der Waals surface area contributed by atoms with Crippen LogP contribution in [0.5, 0.6) is 0 Å². The summed E-state index contributed by atoms with van der Waals surface area (Å²) in [5.41, 5.74) is -0.322. The number of rotatable bonds is 2. The molecule has 0 unspecified atom stereocenters. The van der Waals surface area contributed by atoms with E-state index in [4.69, 9.17) is 0 Å². The highest BCUT2D eigenvalue weighted by molar-refractivity contribution is 7.08. The van der Waals surface area contributed by atoms with Gasteiger partial charge in [-0.3, -0.25) is 4.79 Å². The highest BCUT2D eigenvalue weighted by Gasteiger charge is 2.41. The Balaban J connectivity index is 1.99. The van der Waals surface area contributed by atoms with Crippen LogP contribution in [0.1, 0.15) is 19.3 Å². The van der Waals surface area contributed by atoms with Gasteiger partial charge in [0.15, 0.2) is 0 Å². The first-order valence-corrected chi connectivity index (χ1v) is 5.21. The molecule has 2 N–H and O–H groups in total. The maximum Gasteiger partial charge on any atom is 0.256 e. The molecule has 0 atom stereocenters. The normalized spacial score (nSPS) is 19.2. The summed E-state index contributed by atoms with van der Waals surface area (Å²) in [4.78, 5) is 11.5. The lowest BCUT2D eigenvalue weighted by Gasteiger charge is -2.34. The van der Waals surface area contributed by atoms with Gasteiger partial charge in [0.2, 0.25) is 0 Å². The second-order valence-electron chi connectivity index (χ2n) is 3.35. The molecule has 1 aromatic rings. The number of hydrogen-bond donors (Lipinski definition) is 2. The molecule has 1 heterocycles. The van der Waals surface area contributed by atoms with E-state index in [1.54, 1.807) is 0 Å². The van der Waals surface area contributed by atoms with Crippen molar-refractivity contribution in [3.8, 4) is 0 Å². The lowest BCUT2D eigenvalue weighted by molar-refractivity contribution is -0.142.